The van der Waals surface area contributed by atoms with E-state index in [1.165, 1.54) is 0 Å². The lowest BCUT2D eigenvalue weighted by Gasteiger charge is -2.20. The summed E-state index contributed by atoms with van der Waals surface area (Å²) in [5.74, 6) is 2.31. The van der Waals surface area contributed by atoms with E-state index in [1.807, 2.05) is 31.2 Å². The van der Waals surface area contributed by atoms with E-state index in [9.17, 15) is 0 Å². The number of methoxy groups -OCH3 is 1. The van der Waals surface area contributed by atoms with Crippen molar-refractivity contribution < 1.29 is 9.47 Å². The molecule has 1 aliphatic carbocycles. The van der Waals surface area contributed by atoms with Crippen LogP contribution in [0, 0.1) is 0 Å². The van der Waals surface area contributed by atoms with E-state index >= 15 is 0 Å². The molecule has 128 valence electrons. The van der Waals surface area contributed by atoms with Crippen molar-refractivity contribution in [2.45, 2.75) is 31.9 Å². The fourth-order valence-corrected chi connectivity index (χ4v) is 2.34. The molecular weight excluding hydrogens is 405 g/mol. The summed E-state index contributed by atoms with van der Waals surface area (Å²) >= 11 is 0. The third-order valence-electron chi connectivity index (χ3n) is 3.53. The van der Waals surface area contributed by atoms with Gasteiger partial charge in [0.25, 0.3) is 0 Å². The number of nitrogens with zero attached hydrogens (tertiary/aromatic N) is 1. The minimum absolute atomic E-state index is 0. The molecule has 0 radical (unpaired) electrons. The van der Waals surface area contributed by atoms with E-state index in [2.05, 4.69) is 27.8 Å². The molecule has 0 aliphatic heterocycles. The number of para-hydroxylation sites is 2. The van der Waals surface area contributed by atoms with Crippen molar-refractivity contribution in [2.24, 2.45) is 4.99 Å². The quantitative estimate of drug-likeness (QED) is 0.315. The third kappa shape index (κ3) is 6.29. The van der Waals surface area contributed by atoms with Crippen molar-refractivity contribution in [1.29, 1.82) is 0 Å². The monoisotopic (exact) mass is 431 g/mol. The molecule has 1 atom stereocenters. The molecule has 1 aliphatic rings. The highest BCUT2D eigenvalue weighted by molar-refractivity contribution is 14.0. The van der Waals surface area contributed by atoms with Crippen molar-refractivity contribution in [3.63, 3.8) is 0 Å². The highest BCUT2D eigenvalue weighted by atomic mass is 127. The van der Waals surface area contributed by atoms with E-state index < -0.39 is 0 Å². The third-order valence-corrected chi connectivity index (χ3v) is 3.53. The van der Waals surface area contributed by atoms with Crippen molar-refractivity contribution in [2.75, 3.05) is 20.7 Å². The van der Waals surface area contributed by atoms with Gasteiger partial charge in [-0.05, 0) is 31.9 Å². The molecule has 0 fully saturated rings. The average Bonchev–Trinajstić information content (AvgIpc) is 3.05. The zero-order valence-corrected chi connectivity index (χ0v) is 16.2. The lowest BCUT2D eigenvalue weighted by atomic mass is 10.2. The Balaban J connectivity index is 0.00000264. The molecule has 0 amide bonds. The van der Waals surface area contributed by atoms with E-state index in [0.717, 1.165) is 30.3 Å². The lowest BCUT2D eigenvalue weighted by molar-refractivity contribution is 0.213. The number of guanidine groups is 1. The Hall–Kier alpha value is -1.44. The van der Waals surface area contributed by atoms with Crippen molar-refractivity contribution in [3.05, 3.63) is 36.4 Å². The van der Waals surface area contributed by atoms with Gasteiger partial charge in [-0.1, -0.05) is 24.3 Å². The van der Waals surface area contributed by atoms with Crippen LogP contribution in [-0.2, 0) is 0 Å². The van der Waals surface area contributed by atoms with Crippen LogP contribution in [0.1, 0.15) is 19.8 Å². The van der Waals surface area contributed by atoms with Gasteiger partial charge in [0.15, 0.2) is 17.5 Å². The topological polar surface area (TPSA) is 54.9 Å². The van der Waals surface area contributed by atoms with Gasteiger partial charge in [-0.25, -0.2) is 0 Å². The molecule has 0 saturated carbocycles. The van der Waals surface area contributed by atoms with Crippen molar-refractivity contribution in [1.82, 2.24) is 10.6 Å². The average molecular weight is 431 g/mol. The number of nitrogens with one attached hydrogen (secondary N) is 2. The molecule has 1 aromatic rings. The summed E-state index contributed by atoms with van der Waals surface area (Å²) in [6.07, 6.45) is 6.48. The van der Waals surface area contributed by atoms with Crippen LogP contribution in [-0.4, -0.2) is 38.8 Å². The molecule has 2 N–H and O–H groups in total. The van der Waals surface area contributed by atoms with Crippen molar-refractivity contribution in [3.8, 4) is 11.5 Å². The van der Waals surface area contributed by atoms with Crippen LogP contribution in [0.4, 0.5) is 0 Å². The first-order valence-electron chi connectivity index (χ1n) is 7.64. The molecule has 1 aromatic carbocycles. The summed E-state index contributed by atoms with van der Waals surface area (Å²) in [7, 11) is 3.43. The summed E-state index contributed by atoms with van der Waals surface area (Å²) in [5.41, 5.74) is 0. The summed E-state index contributed by atoms with van der Waals surface area (Å²) in [6.45, 7) is 2.68. The summed E-state index contributed by atoms with van der Waals surface area (Å²) in [6, 6.07) is 8.11. The normalized spacial score (nSPS) is 15.7. The van der Waals surface area contributed by atoms with Crippen LogP contribution in [0.3, 0.4) is 0 Å². The standard InChI is InChI=1S/C17H25N3O2.HI/c1-13(22-16-11-7-6-10-15(16)21-3)12-19-17(18-2)20-14-8-4-5-9-14;/h4-7,10-11,13-14H,8-9,12H2,1-3H3,(H2,18,19,20);1H. The van der Waals surface area contributed by atoms with Crippen LogP contribution in [0.2, 0.25) is 0 Å². The van der Waals surface area contributed by atoms with Gasteiger partial charge in [0.2, 0.25) is 0 Å². The van der Waals surface area contributed by atoms with Crippen LogP contribution in [0.15, 0.2) is 41.4 Å². The zero-order chi connectivity index (χ0) is 15.8. The van der Waals surface area contributed by atoms with Gasteiger partial charge in [-0.2, -0.15) is 0 Å². The Morgan fingerprint density at radius 3 is 2.52 bits per heavy atom. The number of hydrogen-bond acceptors (Lipinski definition) is 3. The number of benzene rings is 1. The van der Waals surface area contributed by atoms with Gasteiger partial charge in [0.1, 0.15) is 6.10 Å². The Morgan fingerprint density at radius 1 is 1.26 bits per heavy atom. The van der Waals surface area contributed by atoms with Gasteiger partial charge >= 0.3 is 0 Å². The van der Waals surface area contributed by atoms with Crippen LogP contribution < -0.4 is 20.1 Å². The second-order valence-corrected chi connectivity index (χ2v) is 5.32. The number of halogens is 1. The maximum absolute atomic E-state index is 5.92. The van der Waals surface area contributed by atoms with Gasteiger partial charge in [0.05, 0.1) is 13.7 Å². The molecule has 23 heavy (non-hydrogen) atoms. The summed E-state index contributed by atoms with van der Waals surface area (Å²) < 4.78 is 11.2. The number of ether oxygens (including phenoxy) is 2. The zero-order valence-electron chi connectivity index (χ0n) is 13.9. The van der Waals surface area contributed by atoms with Gasteiger partial charge < -0.3 is 20.1 Å². The predicted molar refractivity (Wildman–Crippen MR) is 105 cm³/mol. The largest absolute Gasteiger partial charge is 0.493 e. The van der Waals surface area contributed by atoms with Crippen LogP contribution in [0.5, 0.6) is 11.5 Å². The molecule has 0 aromatic heterocycles. The molecule has 5 nitrogen and oxygen atoms in total. The Bertz CT molecular complexity index is 526. The minimum Gasteiger partial charge on any atom is -0.493 e. The highest BCUT2D eigenvalue weighted by Gasteiger charge is 2.13. The second-order valence-electron chi connectivity index (χ2n) is 5.32. The van der Waals surface area contributed by atoms with Gasteiger partial charge in [0, 0.05) is 13.1 Å². The molecule has 2 rings (SSSR count). The molecule has 1 unspecified atom stereocenters. The SMILES string of the molecule is CN=C(NCC(C)Oc1ccccc1OC)NC1CC=CC1.I. The number of aliphatic imine (C=N–C) groups is 1. The van der Waals surface area contributed by atoms with E-state index in [1.54, 1.807) is 14.2 Å². The fraction of sp³-hybridized carbons (Fsp3) is 0.471. The van der Waals surface area contributed by atoms with E-state index in [0.29, 0.717) is 12.6 Å². The fourth-order valence-electron chi connectivity index (χ4n) is 2.34. The number of rotatable bonds is 6. The number of hydrogen-bond donors (Lipinski definition) is 2. The van der Waals surface area contributed by atoms with Crippen molar-refractivity contribution >= 4 is 29.9 Å². The van der Waals surface area contributed by atoms with Gasteiger partial charge in [-0.15, -0.1) is 24.0 Å². The molecule has 0 saturated heterocycles. The van der Waals surface area contributed by atoms with Crippen LogP contribution in [0.25, 0.3) is 0 Å². The minimum atomic E-state index is -0.00319. The van der Waals surface area contributed by atoms with E-state index in [-0.39, 0.29) is 30.1 Å². The molecule has 0 heterocycles. The highest BCUT2D eigenvalue weighted by Crippen LogP contribution is 2.26. The maximum Gasteiger partial charge on any atom is 0.191 e. The molecule has 6 heteroatoms. The molecule has 0 spiro atoms. The lowest BCUT2D eigenvalue weighted by Crippen LogP contribution is -2.45. The first-order chi connectivity index (χ1) is 10.7. The molecular formula is C17H26IN3O2. The predicted octanol–water partition coefficient (Wildman–Crippen LogP) is 2.96. The Labute approximate surface area is 155 Å². The summed E-state index contributed by atoms with van der Waals surface area (Å²) in [5, 5.41) is 6.70. The smallest absolute Gasteiger partial charge is 0.191 e. The van der Waals surface area contributed by atoms with E-state index in [4.69, 9.17) is 9.47 Å². The van der Waals surface area contributed by atoms with Crippen LogP contribution >= 0.6 is 24.0 Å². The first-order valence-corrected chi connectivity index (χ1v) is 7.64. The summed E-state index contributed by atoms with van der Waals surface area (Å²) in [4.78, 5) is 4.25. The Kier molecular flexibility index (Phi) is 8.83. The van der Waals surface area contributed by atoms with Gasteiger partial charge in [-0.3, -0.25) is 4.99 Å². The first kappa shape index (κ1) is 19.6. The second kappa shape index (κ2) is 10.4. The molecule has 0 bridgehead atoms. The maximum atomic E-state index is 5.92. The Morgan fingerprint density at radius 2 is 1.91 bits per heavy atom.